The zero-order valence-electron chi connectivity index (χ0n) is 16.3. The van der Waals surface area contributed by atoms with Crippen LogP contribution in [-0.2, 0) is 27.0 Å². The van der Waals surface area contributed by atoms with E-state index in [0.717, 1.165) is 12.1 Å². The van der Waals surface area contributed by atoms with Crippen molar-refractivity contribution in [1.82, 2.24) is 15.1 Å². The van der Waals surface area contributed by atoms with Gasteiger partial charge in [0.2, 0.25) is 11.8 Å². The first-order chi connectivity index (χ1) is 13.3. The normalized spacial score (nSPS) is 19.1. The molecule has 0 bridgehead atoms. The third-order valence-corrected chi connectivity index (χ3v) is 4.82. The van der Waals surface area contributed by atoms with Crippen molar-refractivity contribution in [1.29, 1.82) is 0 Å². The predicted molar refractivity (Wildman–Crippen MR) is 95.5 cm³/mol. The molecule has 2 aliphatic heterocycles. The predicted octanol–water partition coefficient (Wildman–Crippen LogP) is 2.15. The van der Waals surface area contributed by atoms with Gasteiger partial charge in [-0.2, -0.15) is 13.2 Å². The molecule has 0 saturated carbocycles. The molecule has 1 aromatic rings. The number of benzene rings is 1. The maximum atomic E-state index is 12.7. The van der Waals surface area contributed by atoms with E-state index in [0.29, 0.717) is 5.56 Å². The number of rotatable bonds is 2. The van der Waals surface area contributed by atoms with E-state index in [4.69, 9.17) is 4.74 Å². The summed E-state index contributed by atoms with van der Waals surface area (Å²) in [4.78, 5) is 39.9. The van der Waals surface area contributed by atoms with Gasteiger partial charge in [0.1, 0.15) is 5.60 Å². The fraction of sp³-hybridized carbons (Fsp3) is 0.526. The van der Waals surface area contributed by atoms with Gasteiger partial charge < -0.3 is 19.9 Å². The summed E-state index contributed by atoms with van der Waals surface area (Å²) < 4.78 is 43.5. The lowest BCUT2D eigenvalue weighted by molar-refractivity contribution is -0.166. The summed E-state index contributed by atoms with van der Waals surface area (Å²) in [5.41, 5.74) is -2.30. The minimum absolute atomic E-state index is 0.0352. The fourth-order valence-electron chi connectivity index (χ4n) is 3.35. The number of carbonyl (C=O) groups is 3. The fourth-order valence-corrected chi connectivity index (χ4v) is 3.35. The van der Waals surface area contributed by atoms with Gasteiger partial charge in [0.15, 0.2) is 5.54 Å². The van der Waals surface area contributed by atoms with Crippen LogP contribution in [0.15, 0.2) is 24.3 Å². The van der Waals surface area contributed by atoms with Gasteiger partial charge in [0.25, 0.3) is 0 Å². The minimum Gasteiger partial charge on any atom is -0.444 e. The van der Waals surface area contributed by atoms with Gasteiger partial charge in [0, 0.05) is 6.54 Å². The van der Waals surface area contributed by atoms with Gasteiger partial charge in [-0.3, -0.25) is 9.59 Å². The standard InChI is InChI=1S/C19H22F3N3O4/c1-17(2,3)29-16(28)24-10-18(11-24)15(27)23-8-14(26)25(18)9-12-4-6-13(7-5-12)19(20,21)22/h4-7H,8-11H2,1-3H3,(H,23,27). The van der Waals surface area contributed by atoms with Crippen LogP contribution in [0, 0.1) is 0 Å². The average molecular weight is 413 g/mol. The summed E-state index contributed by atoms with van der Waals surface area (Å²) >= 11 is 0. The number of halogens is 3. The molecule has 10 heteroatoms. The Labute approximate surface area is 165 Å². The lowest BCUT2D eigenvalue weighted by atomic mass is 9.84. The summed E-state index contributed by atoms with van der Waals surface area (Å²) in [6.07, 6.45) is -5.05. The van der Waals surface area contributed by atoms with Crippen LogP contribution in [0.5, 0.6) is 0 Å². The molecule has 2 aliphatic rings. The van der Waals surface area contributed by atoms with Crippen LogP contribution in [0.1, 0.15) is 31.9 Å². The van der Waals surface area contributed by atoms with Crippen LogP contribution in [0.3, 0.4) is 0 Å². The van der Waals surface area contributed by atoms with Crippen LogP contribution in [0.4, 0.5) is 18.0 Å². The second-order valence-corrected chi connectivity index (χ2v) is 8.23. The Bertz CT molecular complexity index is 825. The molecule has 29 heavy (non-hydrogen) atoms. The highest BCUT2D eigenvalue weighted by atomic mass is 19.4. The Morgan fingerprint density at radius 1 is 1.14 bits per heavy atom. The first-order valence-electron chi connectivity index (χ1n) is 9.05. The number of hydrogen-bond acceptors (Lipinski definition) is 4. The molecule has 2 heterocycles. The molecule has 3 rings (SSSR count). The Kier molecular flexibility index (Phi) is 5.00. The number of amides is 3. The van der Waals surface area contributed by atoms with Crippen molar-refractivity contribution in [3.8, 4) is 0 Å². The number of ether oxygens (including phenoxy) is 1. The van der Waals surface area contributed by atoms with Crippen LogP contribution < -0.4 is 5.32 Å². The summed E-state index contributed by atoms with van der Waals surface area (Å²) in [5.74, 6) is -0.767. The average Bonchev–Trinajstić information content (AvgIpc) is 2.55. The number of likely N-dealkylation sites (tertiary alicyclic amines) is 1. The topological polar surface area (TPSA) is 79.0 Å². The number of piperazine rings is 1. The quantitative estimate of drug-likeness (QED) is 0.806. The molecule has 1 N–H and O–H groups in total. The highest BCUT2D eigenvalue weighted by molar-refractivity contribution is 6.00. The second kappa shape index (κ2) is 6.93. The molecule has 1 spiro atoms. The molecule has 0 aromatic heterocycles. The van der Waals surface area contributed by atoms with Crippen molar-refractivity contribution in [2.24, 2.45) is 0 Å². The number of nitrogens with one attached hydrogen (secondary N) is 1. The SMILES string of the molecule is CC(C)(C)OC(=O)N1CC2(C1)C(=O)NCC(=O)N2Cc1ccc(C(F)(F)F)cc1. The molecule has 0 aliphatic carbocycles. The van der Waals surface area contributed by atoms with Crippen molar-refractivity contribution in [3.63, 3.8) is 0 Å². The number of nitrogens with zero attached hydrogens (tertiary/aromatic N) is 2. The highest BCUT2D eigenvalue weighted by Gasteiger charge is 2.59. The van der Waals surface area contributed by atoms with E-state index < -0.39 is 34.9 Å². The molecule has 0 radical (unpaired) electrons. The van der Waals surface area contributed by atoms with E-state index in [1.54, 1.807) is 20.8 Å². The molecule has 2 saturated heterocycles. The second-order valence-electron chi connectivity index (χ2n) is 8.23. The monoisotopic (exact) mass is 413 g/mol. The van der Waals surface area contributed by atoms with Crippen LogP contribution in [0.25, 0.3) is 0 Å². The van der Waals surface area contributed by atoms with Gasteiger partial charge in [-0.15, -0.1) is 0 Å². The van der Waals surface area contributed by atoms with Crippen molar-refractivity contribution in [2.75, 3.05) is 19.6 Å². The smallest absolute Gasteiger partial charge is 0.416 e. The maximum Gasteiger partial charge on any atom is 0.416 e. The Morgan fingerprint density at radius 2 is 1.72 bits per heavy atom. The number of alkyl halides is 3. The molecule has 0 unspecified atom stereocenters. The van der Waals surface area contributed by atoms with E-state index in [1.165, 1.54) is 21.9 Å². The van der Waals surface area contributed by atoms with E-state index in [-0.39, 0.29) is 32.1 Å². The Balaban J connectivity index is 1.77. The lowest BCUT2D eigenvalue weighted by Crippen LogP contribution is -2.80. The summed E-state index contributed by atoms with van der Waals surface area (Å²) in [6, 6.07) is 4.43. The van der Waals surface area contributed by atoms with Gasteiger partial charge >= 0.3 is 12.3 Å². The van der Waals surface area contributed by atoms with Gasteiger partial charge in [-0.25, -0.2) is 4.79 Å². The van der Waals surface area contributed by atoms with E-state index in [2.05, 4.69) is 5.32 Å². The Morgan fingerprint density at radius 3 is 2.24 bits per heavy atom. The molecule has 158 valence electrons. The largest absolute Gasteiger partial charge is 0.444 e. The van der Waals surface area contributed by atoms with Crippen molar-refractivity contribution in [2.45, 2.75) is 44.6 Å². The summed E-state index contributed by atoms with van der Waals surface area (Å²) in [7, 11) is 0. The Hall–Kier alpha value is -2.78. The zero-order valence-corrected chi connectivity index (χ0v) is 16.3. The summed E-state index contributed by atoms with van der Waals surface area (Å²) in [6.45, 7) is 4.83. The minimum atomic E-state index is -4.46. The van der Waals surface area contributed by atoms with Gasteiger partial charge in [0.05, 0.1) is 25.2 Å². The summed E-state index contributed by atoms with van der Waals surface area (Å²) in [5, 5.41) is 2.52. The van der Waals surface area contributed by atoms with Crippen LogP contribution in [0.2, 0.25) is 0 Å². The zero-order chi connectivity index (χ0) is 21.6. The molecule has 7 nitrogen and oxygen atoms in total. The van der Waals surface area contributed by atoms with E-state index in [1.807, 2.05) is 0 Å². The van der Waals surface area contributed by atoms with Crippen LogP contribution >= 0.6 is 0 Å². The molecule has 3 amide bonds. The lowest BCUT2D eigenvalue weighted by Gasteiger charge is -2.55. The number of carbonyl (C=O) groups excluding carboxylic acids is 3. The number of hydrogen-bond donors (Lipinski definition) is 1. The highest BCUT2D eigenvalue weighted by Crippen LogP contribution is 2.34. The van der Waals surface area contributed by atoms with E-state index in [9.17, 15) is 27.6 Å². The van der Waals surface area contributed by atoms with Crippen molar-refractivity contribution in [3.05, 3.63) is 35.4 Å². The van der Waals surface area contributed by atoms with E-state index >= 15 is 0 Å². The third kappa shape index (κ3) is 4.15. The maximum absolute atomic E-state index is 12.7. The molecular weight excluding hydrogens is 391 g/mol. The first-order valence-corrected chi connectivity index (χ1v) is 9.05. The molecular formula is C19H22F3N3O4. The van der Waals surface area contributed by atoms with Crippen LogP contribution in [-0.4, -0.2) is 58.5 Å². The molecule has 2 fully saturated rings. The van der Waals surface area contributed by atoms with Gasteiger partial charge in [-0.1, -0.05) is 12.1 Å². The van der Waals surface area contributed by atoms with Crippen molar-refractivity contribution >= 4 is 17.9 Å². The molecule has 1 aromatic carbocycles. The molecule has 0 atom stereocenters. The van der Waals surface area contributed by atoms with Gasteiger partial charge in [-0.05, 0) is 38.5 Å². The third-order valence-electron chi connectivity index (χ3n) is 4.82. The van der Waals surface area contributed by atoms with Crippen molar-refractivity contribution < 1.29 is 32.3 Å². The first kappa shape index (κ1) is 20.9.